The molecule has 78 valence electrons. The molecule has 0 aromatic heterocycles. The van der Waals surface area contributed by atoms with Crippen LogP contribution in [0, 0.1) is 5.82 Å². The van der Waals surface area contributed by atoms with Crippen LogP contribution in [0.4, 0.5) is 4.39 Å². The van der Waals surface area contributed by atoms with Gasteiger partial charge in [0.15, 0.2) is 0 Å². The largest absolute Gasteiger partial charge is 0.324 e. The minimum atomic E-state index is -0.323. The molecular weight excluding hydrogens is 268 g/mol. The van der Waals surface area contributed by atoms with Crippen molar-refractivity contribution in [1.82, 2.24) is 0 Å². The number of rotatable bonds is 3. The van der Waals surface area contributed by atoms with Gasteiger partial charge in [0.1, 0.15) is 5.82 Å². The first-order valence-corrected chi connectivity index (χ1v) is 5.63. The van der Waals surface area contributed by atoms with Gasteiger partial charge in [0.25, 0.3) is 0 Å². The van der Waals surface area contributed by atoms with Crippen LogP contribution in [0.5, 0.6) is 0 Å². The lowest BCUT2D eigenvalue weighted by Gasteiger charge is -2.13. The minimum Gasteiger partial charge on any atom is -0.324 e. The molecule has 0 saturated heterocycles. The first-order valence-electron chi connectivity index (χ1n) is 4.46. The summed E-state index contributed by atoms with van der Waals surface area (Å²) in [5, 5.41) is 0.513. The van der Waals surface area contributed by atoms with Crippen LogP contribution in [0.3, 0.4) is 0 Å². The van der Waals surface area contributed by atoms with E-state index in [0.717, 1.165) is 12.8 Å². The Bertz CT molecular complexity index is 330. The number of hydrogen-bond donors (Lipinski definition) is 1. The zero-order chi connectivity index (χ0) is 10.7. The van der Waals surface area contributed by atoms with Gasteiger partial charge in [-0.15, -0.1) is 0 Å². The number of hydrogen-bond acceptors (Lipinski definition) is 1. The average molecular weight is 281 g/mol. The number of nitrogens with two attached hydrogens (primary N) is 1. The Balaban J connectivity index is 3.02. The predicted octanol–water partition coefficient (Wildman–Crippen LogP) is 4.04. The summed E-state index contributed by atoms with van der Waals surface area (Å²) in [4.78, 5) is 0. The highest BCUT2D eigenvalue weighted by atomic mass is 79.9. The van der Waals surface area contributed by atoms with Gasteiger partial charge in [-0.05, 0) is 40.0 Å². The summed E-state index contributed by atoms with van der Waals surface area (Å²) in [6.07, 6.45) is 1.76. The third-order valence-electron chi connectivity index (χ3n) is 2.04. The van der Waals surface area contributed by atoms with E-state index in [2.05, 4.69) is 15.9 Å². The highest BCUT2D eigenvalue weighted by molar-refractivity contribution is 9.10. The van der Waals surface area contributed by atoms with Crippen molar-refractivity contribution >= 4 is 27.5 Å². The fourth-order valence-corrected chi connectivity index (χ4v) is 2.07. The molecule has 1 aromatic rings. The molecule has 0 amide bonds. The monoisotopic (exact) mass is 279 g/mol. The molecule has 0 unspecified atom stereocenters. The Kier molecular flexibility index (Phi) is 4.35. The van der Waals surface area contributed by atoms with Crippen molar-refractivity contribution in [2.45, 2.75) is 25.8 Å². The van der Waals surface area contributed by atoms with Gasteiger partial charge >= 0.3 is 0 Å². The van der Waals surface area contributed by atoms with Gasteiger partial charge in [-0.25, -0.2) is 4.39 Å². The SMILES string of the molecule is CCC[C@H](N)c1cc(F)c(Br)cc1Cl. The number of benzene rings is 1. The topological polar surface area (TPSA) is 26.0 Å². The summed E-state index contributed by atoms with van der Waals surface area (Å²) < 4.78 is 13.6. The van der Waals surface area contributed by atoms with E-state index in [1.54, 1.807) is 6.07 Å². The third kappa shape index (κ3) is 2.69. The van der Waals surface area contributed by atoms with Gasteiger partial charge in [0, 0.05) is 11.1 Å². The highest BCUT2D eigenvalue weighted by Crippen LogP contribution is 2.29. The first-order chi connectivity index (χ1) is 6.56. The molecule has 1 nitrogen and oxygen atoms in total. The number of halogens is 3. The Morgan fingerprint density at radius 3 is 2.79 bits per heavy atom. The fraction of sp³-hybridized carbons (Fsp3) is 0.400. The van der Waals surface area contributed by atoms with E-state index in [-0.39, 0.29) is 11.9 Å². The van der Waals surface area contributed by atoms with Gasteiger partial charge in [0.2, 0.25) is 0 Å². The van der Waals surface area contributed by atoms with Gasteiger partial charge in [-0.2, -0.15) is 0 Å². The molecule has 0 aliphatic heterocycles. The van der Waals surface area contributed by atoms with Crippen molar-refractivity contribution in [2.24, 2.45) is 5.73 Å². The molecule has 0 heterocycles. The highest BCUT2D eigenvalue weighted by Gasteiger charge is 2.12. The maximum Gasteiger partial charge on any atom is 0.137 e. The van der Waals surface area contributed by atoms with Crippen LogP contribution in [0.1, 0.15) is 31.4 Å². The Morgan fingerprint density at radius 2 is 2.21 bits per heavy atom. The Morgan fingerprint density at radius 1 is 1.57 bits per heavy atom. The third-order valence-corrected chi connectivity index (χ3v) is 2.97. The second-order valence-corrected chi connectivity index (χ2v) is 4.44. The van der Waals surface area contributed by atoms with E-state index < -0.39 is 0 Å². The fourth-order valence-electron chi connectivity index (χ4n) is 1.29. The van der Waals surface area contributed by atoms with Crippen LogP contribution < -0.4 is 5.73 Å². The summed E-state index contributed by atoms with van der Waals surface area (Å²) in [6.45, 7) is 2.03. The second kappa shape index (κ2) is 5.10. The lowest BCUT2D eigenvalue weighted by molar-refractivity contribution is 0.601. The molecule has 0 bridgehead atoms. The second-order valence-electron chi connectivity index (χ2n) is 3.18. The van der Waals surface area contributed by atoms with Crippen LogP contribution in [0.15, 0.2) is 16.6 Å². The van der Waals surface area contributed by atoms with Crippen molar-refractivity contribution < 1.29 is 4.39 Å². The normalized spacial score (nSPS) is 12.9. The lowest BCUT2D eigenvalue weighted by atomic mass is 10.0. The maximum atomic E-state index is 13.2. The standard InChI is InChI=1S/C10H12BrClFN/c1-2-3-10(14)6-4-9(13)7(11)5-8(6)12/h4-5,10H,2-3,14H2,1H3/t10-/m0/s1. The van der Waals surface area contributed by atoms with Crippen molar-refractivity contribution in [3.05, 3.63) is 33.0 Å². The zero-order valence-electron chi connectivity index (χ0n) is 7.86. The zero-order valence-corrected chi connectivity index (χ0v) is 10.2. The van der Waals surface area contributed by atoms with Crippen LogP contribution in [-0.4, -0.2) is 0 Å². The van der Waals surface area contributed by atoms with Gasteiger partial charge in [-0.3, -0.25) is 0 Å². The summed E-state index contributed by atoms with van der Waals surface area (Å²) in [6, 6.07) is 2.75. The van der Waals surface area contributed by atoms with Gasteiger partial charge in [-0.1, -0.05) is 24.9 Å². The van der Waals surface area contributed by atoms with Crippen LogP contribution in [0.2, 0.25) is 5.02 Å². The smallest absolute Gasteiger partial charge is 0.137 e. The summed E-state index contributed by atoms with van der Waals surface area (Å²) in [5.74, 6) is -0.323. The lowest BCUT2D eigenvalue weighted by Crippen LogP contribution is -2.10. The van der Waals surface area contributed by atoms with E-state index in [4.69, 9.17) is 17.3 Å². The quantitative estimate of drug-likeness (QED) is 0.831. The van der Waals surface area contributed by atoms with E-state index in [1.807, 2.05) is 6.92 Å². The summed E-state index contributed by atoms with van der Waals surface area (Å²) in [5.41, 5.74) is 6.53. The maximum absolute atomic E-state index is 13.2. The van der Waals surface area contributed by atoms with Crippen LogP contribution >= 0.6 is 27.5 Å². The van der Waals surface area contributed by atoms with Crippen molar-refractivity contribution in [3.63, 3.8) is 0 Å². The van der Waals surface area contributed by atoms with E-state index in [1.165, 1.54) is 6.07 Å². The molecule has 0 aliphatic rings. The van der Waals surface area contributed by atoms with Crippen molar-refractivity contribution in [3.8, 4) is 0 Å². The summed E-state index contributed by atoms with van der Waals surface area (Å²) >= 11 is 9.02. The predicted molar refractivity (Wildman–Crippen MR) is 60.9 cm³/mol. The molecule has 1 rings (SSSR count). The van der Waals surface area contributed by atoms with Crippen LogP contribution in [-0.2, 0) is 0 Å². The van der Waals surface area contributed by atoms with E-state index in [0.29, 0.717) is 15.1 Å². The molecule has 0 fully saturated rings. The molecule has 4 heteroatoms. The Hall–Kier alpha value is -0.120. The van der Waals surface area contributed by atoms with Crippen molar-refractivity contribution in [2.75, 3.05) is 0 Å². The van der Waals surface area contributed by atoms with Gasteiger partial charge in [0.05, 0.1) is 4.47 Å². The molecule has 1 atom stereocenters. The Labute approximate surface area is 96.6 Å². The minimum absolute atomic E-state index is 0.185. The molecular formula is C10H12BrClFN. The first kappa shape index (κ1) is 12.0. The molecule has 0 aliphatic carbocycles. The molecule has 1 aromatic carbocycles. The van der Waals surface area contributed by atoms with Gasteiger partial charge < -0.3 is 5.73 Å². The molecule has 0 radical (unpaired) electrons. The molecule has 0 saturated carbocycles. The van der Waals surface area contributed by atoms with E-state index >= 15 is 0 Å². The van der Waals surface area contributed by atoms with Crippen LogP contribution in [0.25, 0.3) is 0 Å². The molecule has 2 N–H and O–H groups in total. The molecule has 14 heavy (non-hydrogen) atoms. The average Bonchev–Trinajstić information content (AvgIpc) is 2.11. The summed E-state index contributed by atoms with van der Waals surface area (Å²) in [7, 11) is 0. The molecule has 0 spiro atoms. The van der Waals surface area contributed by atoms with E-state index in [9.17, 15) is 4.39 Å². The van der Waals surface area contributed by atoms with Crippen molar-refractivity contribution in [1.29, 1.82) is 0 Å².